The van der Waals surface area contributed by atoms with Crippen LogP contribution >= 0.6 is 11.6 Å². The minimum Gasteiger partial charge on any atom is -0.490 e. The van der Waals surface area contributed by atoms with Gasteiger partial charge >= 0.3 is 0 Å². The summed E-state index contributed by atoms with van der Waals surface area (Å²) in [5, 5.41) is 11.3. The quantitative estimate of drug-likeness (QED) is 0.908. The second-order valence-electron chi connectivity index (χ2n) is 5.78. The Kier molecular flexibility index (Phi) is 4.20. The highest BCUT2D eigenvalue weighted by Gasteiger charge is 2.37. The minimum atomic E-state index is -0.510. The number of hydrogen-bond acceptors (Lipinski definition) is 3. The molecule has 1 aromatic rings. The number of piperidine rings is 1. The second kappa shape index (κ2) is 5.92. The first kappa shape index (κ1) is 14.2. The Labute approximate surface area is 125 Å². The van der Waals surface area contributed by atoms with Gasteiger partial charge in [-0.2, -0.15) is 0 Å². The Morgan fingerprint density at radius 1 is 1.40 bits per heavy atom. The number of nitrogens with zero attached hydrogens (tertiary/aromatic N) is 1. The fourth-order valence-corrected chi connectivity index (χ4v) is 3.79. The highest BCUT2D eigenvalue weighted by Crippen LogP contribution is 2.40. The lowest BCUT2D eigenvalue weighted by Gasteiger charge is -2.44. The maximum absolute atomic E-state index is 10.7. The smallest absolute Gasteiger partial charge is 0.143 e. The summed E-state index contributed by atoms with van der Waals surface area (Å²) >= 11 is 6.15. The van der Waals surface area contributed by atoms with Crippen LogP contribution in [0.1, 0.15) is 44.3 Å². The molecule has 2 aliphatic heterocycles. The lowest BCUT2D eigenvalue weighted by Crippen LogP contribution is -2.52. The summed E-state index contributed by atoms with van der Waals surface area (Å²) in [6.45, 7) is 3.80. The molecule has 1 fully saturated rings. The molecule has 0 aliphatic carbocycles. The molecule has 0 saturated carbocycles. The van der Waals surface area contributed by atoms with Crippen molar-refractivity contribution in [1.82, 2.24) is 4.90 Å². The van der Waals surface area contributed by atoms with E-state index in [0.717, 1.165) is 18.5 Å². The molecule has 110 valence electrons. The van der Waals surface area contributed by atoms with Gasteiger partial charge in [-0.25, -0.2) is 0 Å². The van der Waals surface area contributed by atoms with E-state index in [-0.39, 0.29) is 6.04 Å². The molecule has 0 amide bonds. The van der Waals surface area contributed by atoms with Crippen molar-refractivity contribution in [2.24, 2.45) is 0 Å². The van der Waals surface area contributed by atoms with E-state index in [1.165, 1.54) is 19.3 Å². The van der Waals surface area contributed by atoms with Gasteiger partial charge in [0.1, 0.15) is 18.5 Å². The van der Waals surface area contributed by atoms with Crippen molar-refractivity contribution >= 4 is 11.6 Å². The van der Waals surface area contributed by atoms with E-state index >= 15 is 0 Å². The molecule has 3 rings (SSSR count). The lowest BCUT2D eigenvalue weighted by molar-refractivity contribution is -0.0293. The zero-order valence-corrected chi connectivity index (χ0v) is 12.6. The molecule has 1 saturated heterocycles. The number of rotatable bonds is 2. The Hall–Kier alpha value is -0.770. The number of benzene rings is 1. The molecule has 3 nitrogen and oxygen atoms in total. The van der Waals surface area contributed by atoms with Gasteiger partial charge in [0.15, 0.2) is 0 Å². The van der Waals surface area contributed by atoms with Gasteiger partial charge in [-0.15, -0.1) is 0 Å². The zero-order chi connectivity index (χ0) is 14.1. The predicted molar refractivity (Wildman–Crippen MR) is 80.3 cm³/mol. The molecule has 0 aromatic heterocycles. The molecule has 2 heterocycles. The summed E-state index contributed by atoms with van der Waals surface area (Å²) in [5.74, 6) is 0.656. The number of para-hydroxylation sites is 1. The van der Waals surface area contributed by atoms with Gasteiger partial charge in [0.05, 0.1) is 11.1 Å². The average molecular weight is 296 g/mol. The molecule has 1 N–H and O–H groups in total. The number of aliphatic hydroxyl groups is 1. The molecule has 0 spiro atoms. The molecule has 0 radical (unpaired) electrons. The molecule has 20 heavy (non-hydrogen) atoms. The molecule has 3 atom stereocenters. The average Bonchev–Trinajstić information content (AvgIpc) is 2.48. The van der Waals surface area contributed by atoms with Gasteiger partial charge in [-0.1, -0.05) is 37.1 Å². The van der Waals surface area contributed by atoms with Crippen LogP contribution in [-0.4, -0.2) is 35.2 Å². The van der Waals surface area contributed by atoms with Gasteiger partial charge in [0.25, 0.3) is 0 Å². The van der Waals surface area contributed by atoms with E-state index in [1.54, 1.807) is 0 Å². The highest BCUT2D eigenvalue weighted by atomic mass is 35.5. The summed E-state index contributed by atoms with van der Waals surface area (Å²) in [7, 11) is 0. The first-order valence-corrected chi connectivity index (χ1v) is 7.95. The molecular formula is C16H22ClNO2. The summed E-state index contributed by atoms with van der Waals surface area (Å²) in [5.41, 5.74) is 0.828. The third-order valence-electron chi connectivity index (χ3n) is 4.65. The molecule has 3 unspecified atom stereocenters. The van der Waals surface area contributed by atoms with Crippen molar-refractivity contribution in [2.75, 3.05) is 13.2 Å². The number of halogens is 1. The van der Waals surface area contributed by atoms with Crippen LogP contribution in [0, 0.1) is 0 Å². The molecule has 1 aromatic carbocycles. The van der Waals surface area contributed by atoms with Crippen LogP contribution in [0.3, 0.4) is 0 Å². The van der Waals surface area contributed by atoms with Crippen LogP contribution in [0.5, 0.6) is 5.75 Å². The molecule has 2 aliphatic rings. The van der Waals surface area contributed by atoms with Crippen molar-refractivity contribution in [2.45, 2.75) is 50.8 Å². The monoisotopic (exact) mass is 295 g/mol. The lowest BCUT2D eigenvalue weighted by atomic mass is 9.92. The van der Waals surface area contributed by atoms with Gasteiger partial charge in [0.2, 0.25) is 0 Å². The van der Waals surface area contributed by atoms with Crippen LogP contribution in [0.2, 0.25) is 5.02 Å². The number of ether oxygens (including phenoxy) is 1. The fraction of sp³-hybridized carbons (Fsp3) is 0.625. The van der Waals surface area contributed by atoms with Gasteiger partial charge in [0, 0.05) is 11.6 Å². The Morgan fingerprint density at radius 2 is 2.25 bits per heavy atom. The summed E-state index contributed by atoms with van der Waals surface area (Å²) in [6.07, 6.45) is 4.35. The molecule has 0 bridgehead atoms. The van der Waals surface area contributed by atoms with Gasteiger partial charge in [-0.05, 0) is 31.9 Å². The highest BCUT2D eigenvalue weighted by molar-refractivity contribution is 6.32. The molecular weight excluding hydrogens is 274 g/mol. The van der Waals surface area contributed by atoms with E-state index in [0.29, 0.717) is 23.4 Å². The van der Waals surface area contributed by atoms with E-state index in [9.17, 15) is 5.11 Å². The number of likely N-dealkylation sites (tertiary alicyclic amines) is 1. The van der Waals surface area contributed by atoms with Crippen LogP contribution in [0.25, 0.3) is 0 Å². The maximum atomic E-state index is 10.7. The van der Waals surface area contributed by atoms with E-state index in [1.807, 2.05) is 18.2 Å². The number of aliphatic hydroxyl groups excluding tert-OH is 1. The zero-order valence-electron chi connectivity index (χ0n) is 11.9. The van der Waals surface area contributed by atoms with Crippen molar-refractivity contribution in [3.05, 3.63) is 28.8 Å². The largest absolute Gasteiger partial charge is 0.490 e. The standard InChI is InChI=1S/C16H22ClNO2/c1-2-11-6-3-4-9-18(11)14-10-20-16-12(15(14)19)7-5-8-13(16)17/h5,7-8,11,14-15,19H,2-4,6,9-10H2,1H3. The summed E-state index contributed by atoms with van der Waals surface area (Å²) < 4.78 is 5.85. The van der Waals surface area contributed by atoms with Crippen molar-refractivity contribution in [3.63, 3.8) is 0 Å². The summed E-state index contributed by atoms with van der Waals surface area (Å²) in [4.78, 5) is 2.44. The SMILES string of the molecule is CCC1CCCCN1C1COc2c(Cl)cccc2C1O. The topological polar surface area (TPSA) is 32.7 Å². The van der Waals surface area contributed by atoms with E-state index in [2.05, 4.69) is 11.8 Å². The first-order valence-electron chi connectivity index (χ1n) is 7.57. The van der Waals surface area contributed by atoms with Gasteiger partial charge < -0.3 is 9.84 Å². The Bertz CT molecular complexity index is 480. The normalized spacial score (nSPS) is 30.6. The van der Waals surface area contributed by atoms with E-state index < -0.39 is 6.10 Å². The van der Waals surface area contributed by atoms with E-state index in [4.69, 9.17) is 16.3 Å². The maximum Gasteiger partial charge on any atom is 0.143 e. The predicted octanol–water partition coefficient (Wildman–Crippen LogP) is 3.40. The third-order valence-corrected chi connectivity index (χ3v) is 4.95. The van der Waals surface area contributed by atoms with Crippen molar-refractivity contribution in [1.29, 1.82) is 0 Å². The minimum absolute atomic E-state index is 0.0474. The number of hydrogen-bond donors (Lipinski definition) is 1. The van der Waals surface area contributed by atoms with Crippen LogP contribution in [0.15, 0.2) is 18.2 Å². The summed E-state index contributed by atoms with van der Waals surface area (Å²) in [6, 6.07) is 6.22. The van der Waals surface area contributed by atoms with Crippen molar-refractivity contribution in [3.8, 4) is 5.75 Å². The second-order valence-corrected chi connectivity index (χ2v) is 6.18. The van der Waals surface area contributed by atoms with Crippen molar-refractivity contribution < 1.29 is 9.84 Å². The van der Waals surface area contributed by atoms with Crippen LogP contribution in [0.4, 0.5) is 0 Å². The van der Waals surface area contributed by atoms with Crippen LogP contribution in [-0.2, 0) is 0 Å². The Morgan fingerprint density at radius 3 is 3.05 bits per heavy atom. The van der Waals surface area contributed by atoms with Gasteiger partial charge in [-0.3, -0.25) is 4.90 Å². The number of fused-ring (bicyclic) bond motifs is 1. The first-order chi connectivity index (χ1) is 9.72. The molecule has 4 heteroatoms. The van der Waals surface area contributed by atoms with Crippen LogP contribution < -0.4 is 4.74 Å². The fourth-order valence-electron chi connectivity index (χ4n) is 3.55. The Balaban J connectivity index is 1.86. The third kappa shape index (κ3) is 2.43.